The monoisotopic (exact) mass is 263 g/mol. The minimum absolute atomic E-state index is 0.358. The number of rotatable bonds is 5. The first-order valence-electron chi connectivity index (χ1n) is 7.20. The molecule has 0 spiro atoms. The Hall–Kier alpha value is -0.900. The largest absolute Gasteiger partial charge is 0.388 e. The lowest BCUT2D eigenvalue weighted by atomic mass is 10.0. The van der Waals surface area contributed by atoms with Crippen molar-refractivity contribution >= 4 is 0 Å². The van der Waals surface area contributed by atoms with Gasteiger partial charge in [0.1, 0.15) is 0 Å². The Balaban J connectivity index is 1.82. The van der Waals surface area contributed by atoms with Gasteiger partial charge in [-0.05, 0) is 44.4 Å². The van der Waals surface area contributed by atoms with Crippen LogP contribution in [0.1, 0.15) is 36.5 Å². The lowest BCUT2D eigenvalue weighted by molar-refractivity contribution is 0.0376. The van der Waals surface area contributed by atoms with Crippen LogP contribution >= 0.6 is 0 Å². The van der Waals surface area contributed by atoms with E-state index in [9.17, 15) is 5.11 Å². The summed E-state index contributed by atoms with van der Waals surface area (Å²) in [4.78, 5) is 2.37. The first-order chi connectivity index (χ1) is 9.18. The first kappa shape index (κ1) is 14.5. The van der Waals surface area contributed by atoms with Gasteiger partial charge in [-0.15, -0.1) is 0 Å². The Bertz CT molecular complexity index is 388. The summed E-state index contributed by atoms with van der Waals surface area (Å²) in [6, 6.07) is 8.70. The fraction of sp³-hybridized carbons (Fsp3) is 0.625. The van der Waals surface area contributed by atoms with Crippen LogP contribution in [-0.2, 0) is 4.74 Å². The molecule has 0 amide bonds. The second-order valence-electron chi connectivity index (χ2n) is 5.49. The highest BCUT2D eigenvalue weighted by atomic mass is 16.5. The number of aliphatic hydroxyl groups is 1. The second kappa shape index (κ2) is 7.04. The van der Waals surface area contributed by atoms with Crippen molar-refractivity contribution in [2.24, 2.45) is 0 Å². The highest BCUT2D eigenvalue weighted by molar-refractivity contribution is 5.27. The fourth-order valence-electron chi connectivity index (χ4n) is 2.75. The predicted octanol–water partition coefficient (Wildman–Crippen LogP) is 2.53. The maximum absolute atomic E-state index is 10.3. The van der Waals surface area contributed by atoms with Gasteiger partial charge in [0, 0.05) is 25.8 Å². The second-order valence-corrected chi connectivity index (χ2v) is 5.49. The van der Waals surface area contributed by atoms with Gasteiger partial charge in [-0.1, -0.05) is 24.3 Å². The van der Waals surface area contributed by atoms with Crippen LogP contribution < -0.4 is 0 Å². The van der Waals surface area contributed by atoms with Gasteiger partial charge >= 0.3 is 0 Å². The van der Waals surface area contributed by atoms with E-state index in [0.29, 0.717) is 6.04 Å². The molecule has 19 heavy (non-hydrogen) atoms. The third-order valence-corrected chi connectivity index (χ3v) is 4.12. The van der Waals surface area contributed by atoms with Gasteiger partial charge in [0.25, 0.3) is 0 Å². The SMILES string of the molecule is Cc1ccccc1C(O)CCN(C)C1CCOCC1. The molecule has 1 aliphatic heterocycles. The normalized spacial score (nSPS) is 18.7. The lowest BCUT2D eigenvalue weighted by Crippen LogP contribution is -2.37. The smallest absolute Gasteiger partial charge is 0.0804 e. The molecule has 3 nitrogen and oxygen atoms in total. The van der Waals surface area contributed by atoms with Crippen LogP contribution in [0.5, 0.6) is 0 Å². The number of hydrogen-bond acceptors (Lipinski definition) is 3. The van der Waals surface area contributed by atoms with Crippen LogP contribution in [0.4, 0.5) is 0 Å². The van der Waals surface area contributed by atoms with E-state index in [2.05, 4.69) is 24.9 Å². The van der Waals surface area contributed by atoms with Gasteiger partial charge in [0.15, 0.2) is 0 Å². The van der Waals surface area contributed by atoms with Crippen molar-refractivity contribution < 1.29 is 9.84 Å². The Labute approximate surface area is 116 Å². The molecule has 0 aromatic heterocycles. The molecule has 0 saturated carbocycles. The van der Waals surface area contributed by atoms with Crippen molar-refractivity contribution in [3.8, 4) is 0 Å². The van der Waals surface area contributed by atoms with Crippen LogP contribution in [0.2, 0.25) is 0 Å². The van der Waals surface area contributed by atoms with Gasteiger partial charge in [-0.3, -0.25) is 0 Å². The van der Waals surface area contributed by atoms with E-state index in [1.165, 1.54) is 5.56 Å². The first-order valence-corrected chi connectivity index (χ1v) is 7.20. The van der Waals surface area contributed by atoms with Crippen molar-refractivity contribution in [3.05, 3.63) is 35.4 Å². The molecule has 1 N–H and O–H groups in total. The number of aryl methyl sites for hydroxylation is 1. The summed E-state index contributed by atoms with van der Waals surface area (Å²) in [5.41, 5.74) is 2.23. The van der Waals surface area contributed by atoms with E-state index in [-0.39, 0.29) is 6.10 Å². The van der Waals surface area contributed by atoms with E-state index in [4.69, 9.17) is 4.74 Å². The highest BCUT2D eigenvalue weighted by Crippen LogP contribution is 2.21. The molecule has 1 aromatic rings. The summed E-state index contributed by atoms with van der Waals surface area (Å²) in [5.74, 6) is 0. The zero-order valence-corrected chi connectivity index (χ0v) is 12.0. The molecule has 1 aromatic carbocycles. The molecule has 106 valence electrons. The van der Waals surface area contributed by atoms with Crippen LogP contribution in [0.15, 0.2) is 24.3 Å². The zero-order valence-electron chi connectivity index (χ0n) is 12.0. The van der Waals surface area contributed by atoms with Gasteiger partial charge in [0.05, 0.1) is 6.10 Å². The van der Waals surface area contributed by atoms with E-state index < -0.39 is 0 Å². The van der Waals surface area contributed by atoms with Gasteiger partial charge in [0.2, 0.25) is 0 Å². The molecule has 1 unspecified atom stereocenters. The fourth-order valence-corrected chi connectivity index (χ4v) is 2.75. The van der Waals surface area contributed by atoms with Crippen molar-refractivity contribution in [2.45, 2.75) is 38.3 Å². The van der Waals surface area contributed by atoms with Crippen LogP contribution in [0.3, 0.4) is 0 Å². The van der Waals surface area contributed by atoms with E-state index in [0.717, 1.165) is 44.6 Å². The molecule has 0 radical (unpaired) electrons. The molecule has 0 bridgehead atoms. The summed E-state index contributed by atoms with van der Waals surface area (Å²) in [7, 11) is 2.15. The molecule has 1 saturated heterocycles. The highest BCUT2D eigenvalue weighted by Gasteiger charge is 2.19. The van der Waals surface area contributed by atoms with E-state index in [1.807, 2.05) is 18.2 Å². The van der Waals surface area contributed by atoms with Crippen molar-refractivity contribution in [3.63, 3.8) is 0 Å². The van der Waals surface area contributed by atoms with E-state index in [1.54, 1.807) is 0 Å². The molecule has 3 heteroatoms. The lowest BCUT2D eigenvalue weighted by Gasteiger charge is -2.31. The zero-order chi connectivity index (χ0) is 13.7. The molecule has 0 aliphatic carbocycles. The Morgan fingerprint density at radius 1 is 1.32 bits per heavy atom. The third kappa shape index (κ3) is 4.03. The quantitative estimate of drug-likeness (QED) is 0.886. The molecule has 1 atom stereocenters. The summed E-state index contributed by atoms with van der Waals surface area (Å²) in [6.07, 6.45) is 2.65. The number of hydrogen-bond donors (Lipinski definition) is 1. The van der Waals surface area contributed by atoms with Crippen LogP contribution in [0, 0.1) is 6.92 Å². The molecular weight excluding hydrogens is 238 g/mol. The number of aliphatic hydroxyl groups excluding tert-OH is 1. The molecule has 2 rings (SSSR count). The summed E-state index contributed by atoms with van der Waals surface area (Å²) >= 11 is 0. The van der Waals surface area contributed by atoms with Gasteiger partial charge in [-0.25, -0.2) is 0 Å². The van der Waals surface area contributed by atoms with Gasteiger partial charge in [-0.2, -0.15) is 0 Å². The standard InChI is InChI=1S/C16H25NO2/c1-13-5-3-4-6-15(13)16(18)7-10-17(2)14-8-11-19-12-9-14/h3-6,14,16,18H,7-12H2,1-2H3. The Morgan fingerprint density at radius 2 is 2.00 bits per heavy atom. The number of benzene rings is 1. The maximum atomic E-state index is 10.3. The molecule has 1 aliphatic rings. The maximum Gasteiger partial charge on any atom is 0.0804 e. The van der Waals surface area contributed by atoms with Crippen molar-refractivity contribution in [1.82, 2.24) is 4.90 Å². The summed E-state index contributed by atoms with van der Waals surface area (Å²) < 4.78 is 5.38. The van der Waals surface area contributed by atoms with Crippen LogP contribution in [-0.4, -0.2) is 42.9 Å². The minimum atomic E-state index is -0.358. The Morgan fingerprint density at radius 3 is 2.68 bits per heavy atom. The van der Waals surface area contributed by atoms with Crippen molar-refractivity contribution in [1.29, 1.82) is 0 Å². The third-order valence-electron chi connectivity index (χ3n) is 4.12. The Kier molecular flexibility index (Phi) is 5.37. The summed E-state index contributed by atoms with van der Waals surface area (Å²) in [6.45, 7) is 4.73. The number of ether oxygens (including phenoxy) is 1. The van der Waals surface area contributed by atoms with E-state index >= 15 is 0 Å². The topological polar surface area (TPSA) is 32.7 Å². The molecule has 1 heterocycles. The predicted molar refractivity (Wildman–Crippen MR) is 77.2 cm³/mol. The van der Waals surface area contributed by atoms with Crippen molar-refractivity contribution in [2.75, 3.05) is 26.8 Å². The van der Waals surface area contributed by atoms with Gasteiger partial charge < -0.3 is 14.7 Å². The molecule has 1 fully saturated rings. The van der Waals surface area contributed by atoms with Crippen LogP contribution in [0.25, 0.3) is 0 Å². The average molecular weight is 263 g/mol. The average Bonchev–Trinajstić information content (AvgIpc) is 2.46. The molecular formula is C16H25NO2. The minimum Gasteiger partial charge on any atom is -0.388 e. The summed E-state index contributed by atoms with van der Waals surface area (Å²) in [5, 5.41) is 10.3. The number of nitrogens with zero attached hydrogens (tertiary/aromatic N) is 1.